The lowest BCUT2D eigenvalue weighted by molar-refractivity contribution is 0.205. The van der Waals surface area contributed by atoms with Gasteiger partial charge in [0.15, 0.2) is 0 Å². The van der Waals surface area contributed by atoms with E-state index in [9.17, 15) is 5.11 Å². The Morgan fingerprint density at radius 1 is 1.31 bits per heavy atom. The van der Waals surface area contributed by atoms with Crippen LogP contribution in [0.4, 0.5) is 5.69 Å². The van der Waals surface area contributed by atoms with E-state index in [1.807, 2.05) is 36.0 Å². The van der Waals surface area contributed by atoms with Crippen molar-refractivity contribution >= 4 is 17.4 Å². The first-order chi connectivity index (χ1) is 7.77. The van der Waals surface area contributed by atoms with Crippen LogP contribution in [0, 0.1) is 0 Å². The number of para-hydroxylation sites is 1. The van der Waals surface area contributed by atoms with Crippen molar-refractivity contribution in [3.8, 4) is 0 Å². The molecule has 3 N–H and O–H groups in total. The van der Waals surface area contributed by atoms with Gasteiger partial charge in [-0.1, -0.05) is 31.0 Å². The fourth-order valence-corrected chi connectivity index (χ4v) is 3.49. The van der Waals surface area contributed by atoms with E-state index < -0.39 is 6.10 Å². The molecule has 1 aromatic carbocycles. The lowest BCUT2D eigenvalue weighted by Crippen LogP contribution is -2.07. The van der Waals surface area contributed by atoms with Crippen LogP contribution in [0.15, 0.2) is 24.3 Å². The van der Waals surface area contributed by atoms with Crippen molar-refractivity contribution in [1.82, 2.24) is 0 Å². The Bertz CT molecular complexity index is 336. The van der Waals surface area contributed by atoms with E-state index in [2.05, 4.69) is 0 Å². The topological polar surface area (TPSA) is 46.2 Å². The van der Waals surface area contributed by atoms with E-state index in [1.165, 1.54) is 25.7 Å². The molecular formula is C13H19NOS. The number of aliphatic hydroxyl groups excluding tert-OH is 1. The Labute approximate surface area is 101 Å². The Hall–Kier alpha value is -0.670. The second kappa shape index (κ2) is 5.60. The first-order valence-electron chi connectivity index (χ1n) is 5.91. The van der Waals surface area contributed by atoms with Crippen LogP contribution < -0.4 is 5.73 Å². The monoisotopic (exact) mass is 237 g/mol. The van der Waals surface area contributed by atoms with Gasteiger partial charge in [-0.2, -0.15) is 11.8 Å². The molecule has 0 heterocycles. The summed E-state index contributed by atoms with van der Waals surface area (Å²) in [6.07, 6.45) is 4.89. The normalized spacial score (nSPS) is 18.8. The standard InChI is InChI=1S/C13H19NOS/c14-12-8-4-3-7-11(12)13(15)9-16-10-5-1-2-6-10/h3-4,7-8,10,13,15H,1-2,5-6,9,14H2. The second-order valence-electron chi connectivity index (χ2n) is 4.38. The molecule has 1 aliphatic carbocycles. The van der Waals surface area contributed by atoms with Crippen molar-refractivity contribution in [1.29, 1.82) is 0 Å². The number of nitrogen functional groups attached to an aromatic ring is 1. The summed E-state index contributed by atoms with van der Waals surface area (Å²) < 4.78 is 0. The number of aliphatic hydroxyl groups is 1. The van der Waals surface area contributed by atoms with Crippen LogP contribution in [0.2, 0.25) is 0 Å². The van der Waals surface area contributed by atoms with Crippen LogP contribution in [-0.4, -0.2) is 16.1 Å². The summed E-state index contributed by atoms with van der Waals surface area (Å²) in [5.74, 6) is 0.763. The molecule has 0 aliphatic heterocycles. The van der Waals surface area contributed by atoms with Crippen LogP contribution in [0.5, 0.6) is 0 Å². The number of nitrogens with two attached hydrogens (primary N) is 1. The molecule has 0 radical (unpaired) electrons. The molecule has 2 nitrogen and oxygen atoms in total. The molecule has 3 heteroatoms. The van der Waals surface area contributed by atoms with E-state index in [1.54, 1.807) is 0 Å². The lowest BCUT2D eigenvalue weighted by atomic mass is 10.1. The highest BCUT2D eigenvalue weighted by atomic mass is 32.2. The molecule has 1 saturated carbocycles. The maximum atomic E-state index is 10.1. The summed E-state index contributed by atoms with van der Waals surface area (Å²) in [5, 5.41) is 10.8. The van der Waals surface area contributed by atoms with Crippen molar-refractivity contribution in [2.24, 2.45) is 0 Å². The third-order valence-electron chi connectivity index (χ3n) is 3.15. The largest absolute Gasteiger partial charge is 0.398 e. The van der Waals surface area contributed by atoms with Crippen LogP contribution in [0.1, 0.15) is 37.4 Å². The van der Waals surface area contributed by atoms with Gasteiger partial charge in [-0.3, -0.25) is 0 Å². The summed E-state index contributed by atoms with van der Waals surface area (Å²) in [4.78, 5) is 0. The maximum Gasteiger partial charge on any atom is 0.0900 e. The lowest BCUT2D eigenvalue weighted by Gasteiger charge is -2.15. The van der Waals surface area contributed by atoms with Gasteiger partial charge < -0.3 is 10.8 Å². The quantitative estimate of drug-likeness (QED) is 0.791. The zero-order valence-corrected chi connectivity index (χ0v) is 10.2. The van der Waals surface area contributed by atoms with Crippen LogP contribution >= 0.6 is 11.8 Å². The van der Waals surface area contributed by atoms with Crippen LogP contribution in [0.3, 0.4) is 0 Å². The highest BCUT2D eigenvalue weighted by molar-refractivity contribution is 7.99. The van der Waals surface area contributed by atoms with Gasteiger partial charge >= 0.3 is 0 Å². The van der Waals surface area contributed by atoms with Crippen LogP contribution in [0.25, 0.3) is 0 Å². The van der Waals surface area contributed by atoms with Crippen molar-refractivity contribution < 1.29 is 5.11 Å². The zero-order valence-electron chi connectivity index (χ0n) is 9.43. The van der Waals surface area contributed by atoms with E-state index in [4.69, 9.17) is 5.73 Å². The van der Waals surface area contributed by atoms with Gasteiger partial charge in [-0.25, -0.2) is 0 Å². The van der Waals surface area contributed by atoms with Crippen LogP contribution in [-0.2, 0) is 0 Å². The van der Waals surface area contributed by atoms with Gasteiger partial charge in [0.1, 0.15) is 0 Å². The molecule has 1 fully saturated rings. The SMILES string of the molecule is Nc1ccccc1C(O)CSC1CCCC1. The molecule has 0 saturated heterocycles. The molecule has 0 bridgehead atoms. The van der Waals surface area contributed by atoms with Gasteiger partial charge in [0, 0.05) is 22.3 Å². The molecule has 1 aliphatic rings. The van der Waals surface area contributed by atoms with Crippen molar-refractivity contribution in [3.05, 3.63) is 29.8 Å². The first-order valence-corrected chi connectivity index (χ1v) is 6.96. The fraction of sp³-hybridized carbons (Fsp3) is 0.538. The Morgan fingerprint density at radius 2 is 2.00 bits per heavy atom. The molecule has 1 atom stereocenters. The number of thioether (sulfide) groups is 1. The van der Waals surface area contributed by atoms with E-state index in [-0.39, 0.29) is 0 Å². The van der Waals surface area contributed by atoms with Gasteiger partial charge in [0.05, 0.1) is 6.10 Å². The van der Waals surface area contributed by atoms with Crippen molar-refractivity contribution in [3.63, 3.8) is 0 Å². The first kappa shape index (κ1) is 11.8. The summed E-state index contributed by atoms with van der Waals surface area (Å²) in [6, 6.07) is 7.58. The van der Waals surface area contributed by atoms with Gasteiger partial charge in [0.2, 0.25) is 0 Å². The molecule has 88 valence electrons. The summed E-state index contributed by atoms with van der Waals surface area (Å²) in [5.41, 5.74) is 7.40. The second-order valence-corrected chi connectivity index (χ2v) is 5.72. The number of hydrogen-bond donors (Lipinski definition) is 2. The van der Waals surface area contributed by atoms with E-state index in [0.717, 1.165) is 16.6 Å². The van der Waals surface area contributed by atoms with E-state index in [0.29, 0.717) is 5.69 Å². The van der Waals surface area contributed by atoms with E-state index >= 15 is 0 Å². The molecule has 16 heavy (non-hydrogen) atoms. The van der Waals surface area contributed by atoms with Gasteiger partial charge in [0.25, 0.3) is 0 Å². The predicted molar refractivity (Wildman–Crippen MR) is 70.5 cm³/mol. The third-order valence-corrected chi connectivity index (χ3v) is 4.60. The highest BCUT2D eigenvalue weighted by Crippen LogP contribution is 2.32. The Balaban J connectivity index is 1.87. The number of anilines is 1. The van der Waals surface area contributed by atoms with Gasteiger partial charge in [-0.05, 0) is 18.9 Å². The van der Waals surface area contributed by atoms with Crippen molar-refractivity contribution in [2.75, 3.05) is 11.5 Å². The Kier molecular flexibility index (Phi) is 4.13. The molecule has 1 aromatic rings. The summed E-state index contributed by atoms with van der Waals surface area (Å²) in [7, 11) is 0. The van der Waals surface area contributed by atoms with Crippen molar-refractivity contribution in [2.45, 2.75) is 37.0 Å². The average Bonchev–Trinajstić information content (AvgIpc) is 2.79. The molecule has 0 aromatic heterocycles. The minimum atomic E-state index is -0.424. The Morgan fingerprint density at radius 3 is 2.69 bits per heavy atom. The molecular weight excluding hydrogens is 218 g/mol. The number of benzene rings is 1. The van der Waals surface area contributed by atoms with Gasteiger partial charge in [-0.15, -0.1) is 0 Å². The molecule has 0 amide bonds. The smallest absolute Gasteiger partial charge is 0.0900 e. The fourth-order valence-electron chi connectivity index (χ4n) is 2.19. The third kappa shape index (κ3) is 2.92. The zero-order chi connectivity index (χ0) is 11.4. The minimum absolute atomic E-state index is 0.424. The minimum Gasteiger partial charge on any atom is -0.398 e. The average molecular weight is 237 g/mol. The molecule has 2 rings (SSSR count). The predicted octanol–water partition coefficient (Wildman–Crippen LogP) is 2.98. The molecule has 0 spiro atoms. The highest BCUT2D eigenvalue weighted by Gasteiger charge is 2.18. The number of hydrogen-bond acceptors (Lipinski definition) is 3. The summed E-state index contributed by atoms with van der Waals surface area (Å²) >= 11 is 1.89. The maximum absolute atomic E-state index is 10.1. The summed E-state index contributed by atoms with van der Waals surface area (Å²) in [6.45, 7) is 0. The number of rotatable bonds is 4. The molecule has 1 unspecified atom stereocenters.